The van der Waals surface area contributed by atoms with E-state index in [1.54, 1.807) is 7.11 Å². The molecule has 4 heteroatoms. The zero-order chi connectivity index (χ0) is 15.3. The third kappa shape index (κ3) is 3.73. The minimum atomic E-state index is -0.835. The normalized spacial score (nSPS) is 33.5. The highest BCUT2D eigenvalue weighted by atomic mass is 16.7. The van der Waals surface area contributed by atoms with Gasteiger partial charge in [-0.2, -0.15) is 0 Å². The summed E-state index contributed by atoms with van der Waals surface area (Å²) in [6.45, 7) is 8.40. The van der Waals surface area contributed by atoms with E-state index in [2.05, 4.69) is 20.8 Å². The Hall–Kier alpha value is -0.610. The third-order valence-electron chi connectivity index (χ3n) is 4.87. The molecule has 20 heavy (non-hydrogen) atoms. The summed E-state index contributed by atoms with van der Waals surface area (Å²) < 4.78 is 16.6. The van der Waals surface area contributed by atoms with Crippen LogP contribution in [0.5, 0.6) is 0 Å². The Balaban J connectivity index is 2.74. The van der Waals surface area contributed by atoms with Crippen molar-refractivity contribution in [1.29, 1.82) is 0 Å². The van der Waals surface area contributed by atoms with Crippen LogP contribution in [0.4, 0.5) is 0 Å². The molecular weight excluding hydrogens is 256 g/mol. The summed E-state index contributed by atoms with van der Waals surface area (Å²) in [6, 6.07) is 0. The molecule has 0 saturated carbocycles. The van der Waals surface area contributed by atoms with Crippen molar-refractivity contribution in [3.8, 4) is 0 Å². The molecule has 0 aromatic carbocycles. The van der Waals surface area contributed by atoms with E-state index in [0.717, 1.165) is 12.8 Å². The second-order valence-electron chi connectivity index (χ2n) is 6.13. The van der Waals surface area contributed by atoms with Gasteiger partial charge in [0.15, 0.2) is 5.79 Å². The van der Waals surface area contributed by atoms with Crippen molar-refractivity contribution in [3.63, 3.8) is 0 Å². The highest BCUT2D eigenvalue weighted by Crippen LogP contribution is 2.40. The Morgan fingerprint density at radius 3 is 2.50 bits per heavy atom. The Labute approximate surface area is 123 Å². The smallest absolute Gasteiger partial charge is 0.313 e. The summed E-state index contributed by atoms with van der Waals surface area (Å²) in [5, 5.41) is 0. The Kier molecular flexibility index (Phi) is 6.46. The van der Waals surface area contributed by atoms with Gasteiger partial charge in [0, 0.05) is 13.5 Å². The Morgan fingerprint density at radius 1 is 1.40 bits per heavy atom. The summed E-state index contributed by atoms with van der Waals surface area (Å²) in [7, 11) is 3.02. The first-order chi connectivity index (χ1) is 9.40. The Morgan fingerprint density at radius 2 is 2.05 bits per heavy atom. The van der Waals surface area contributed by atoms with Crippen molar-refractivity contribution >= 4 is 5.97 Å². The molecule has 0 radical (unpaired) electrons. The third-order valence-corrected chi connectivity index (χ3v) is 4.87. The average molecular weight is 286 g/mol. The highest BCUT2D eigenvalue weighted by molar-refractivity contribution is 5.73. The van der Waals surface area contributed by atoms with Gasteiger partial charge < -0.3 is 14.2 Å². The molecule has 1 heterocycles. The maximum absolute atomic E-state index is 11.8. The molecule has 0 N–H and O–H groups in total. The molecule has 0 amide bonds. The minimum absolute atomic E-state index is 0.102. The molecular formula is C16H30O4. The van der Waals surface area contributed by atoms with E-state index in [1.165, 1.54) is 20.0 Å². The maximum Gasteiger partial charge on any atom is 0.313 e. The van der Waals surface area contributed by atoms with Crippen LogP contribution in [0.2, 0.25) is 0 Å². The summed E-state index contributed by atoms with van der Waals surface area (Å²) in [5.41, 5.74) is 0. The molecule has 4 nitrogen and oxygen atoms in total. The monoisotopic (exact) mass is 286 g/mol. The van der Waals surface area contributed by atoms with Gasteiger partial charge in [0.1, 0.15) is 5.92 Å². The molecule has 0 bridgehead atoms. The van der Waals surface area contributed by atoms with E-state index < -0.39 is 11.7 Å². The lowest BCUT2D eigenvalue weighted by Gasteiger charge is -2.45. The summed E-state index contributed by atoms with van der Waals surface area (Å²) in [4.78, 5) is 11.8. The fraction of sp³-hybridized carbons (Fsp3) is 0.938. The van der Waals surface area contributed by atoms with Crippen molar-refractivity contribution in [1.82, 2.24) is 0 Å². The predicted molar refractivity (Wildman–Crippen MR) is 78.3 cm³/mol. The molecule has 118 valence electrons. The van der Waals surface area contributed by atoms with Crippen LogP contribution in [0, 0.1) is 17.8 Å². The van der Waals surface area contributed by atoms with Crippen molar-refractivity contribution in [2.45, 2.75) is 65.3 Å². The van der Waals surface area contributed by atoms with Crippen molar-refractivity contribution in [3.05, 3.63) is 0 Å². The van der Waals surface area contributed by atoms with Gasteiger partial charge in [0.05, 0.1) is 13.2 Å². The fourth-order valence-electron chi connectivity index (χ4n) is 3.09. The van der Waals surface area contributed by atoms with Gasteiger partial charge >= 0.3 is 5.97 Å². The van der Waals surface area contributed by atoms with Crippen LogP contribution in [0.25, 0.3) is 0 Å². The molecule has 0 aromatic rings. The van der Waals surface area contributed by atoms with Crippen LogP contribution < -0.4 is 0 Å². The lowest BCUT2D eigenvalue weighted by atomic mass is 9.81. The Bertz CT molecular complexity index is 318. The molecule has 0 aliphatic carbocycles. The zero-order valence-electron chi connectivity index (χ0n) is 13.8. The second kappa shape index (κ2) is 7.41. The summed E-state index contributed by atoms with van der Waals surface area (Å²) in [5.74, 6) is -0.278. The lowest BCUT2D eigenvalue weighted by Crippen LogP contribution is -2.52. The fourth-order valence-corrected chi connectivity index (χ4v) is 3.09. The molecule has 1 saturated heterocycles. The SMILES string of the molecule is CC[C@H](C)CC1CC[C@](OC)([C@H](C)C(=O)OC)OC1C. The minimum Gasteiger partial charge on any atom is -0.469 e. The van der Waals surface area contributed by atoms with Crippen LogP contribution >= 0.6 is 0 Å². The van der Waals surface area contributed by atoms with Gasteiger partial charge in [-0.25, -0.2) is 0 Å². The van der Waals surface area contributed by atoms with Crippen LogP contribution in [0.15, 0.2) is 0 Å². The average Bonchev–Trinajstić information content (AvgIpc) is 2.47. The summed E-state index contributed by atoms with van der Waals surface area (Å²) in [6.07, 6.45) is 4.23. The van der Waals surface area contributed by atoms with Crippen LogP contribution in [0.1, 0.15) is 53.4 Å². The first-order valence-corrected chi connectivity index (χ1v) is 7.71. The van der Waals surface area contributed by atoms with E-state index in [0.29, 0.717) is 11.8 Å². The topological polar surface area (TPSA) is 44.8 Å². The van der Waals surface area contributed by atoms with Gasteiger partial charge in [0.2, 0.25) is 0 Å². The van der Waals surface area contributed by atoms with Gasteiger partial charge in [-0.1, -0.05) is 20.3 Å². The van der Waals surface area contributed by atoms with Crippen molar-refractivity contribution in [2.24, 2.45) is 17.8 Å². The zero-order valence-corrected chi connectivity index (χ0v) is 13.8. The van der Waals surface area contributed by atoms with E-state index in [1.807, 2.05) is 6.92 Å². The standard InChI is InChI=1S/C16H30O4/c1-7-11(2)10-14-8-9-16(19-6,20-13(14)4)12(3)15(17)18-5/h11-14H,7-10H2,1-6H3/t11-,12+,13?,14?,16+/m0/s1. The number of carbonyl (C=O) groups is 1. The number of methoxy groups -OCH3 is 2. The largest absolute Gasteiger partial charge is 0.469 e. The van der Waals surface area contributed by atoms with E-state index in [4.69, 9.17) is 14.2 Å². The maximum atomic E-state index is 11.8. The summed E-state index contributed by atoms with van der Waals surface area (Å²) >= 11 is 0. The molecule has 1 rings (SSSR count). The van der Waals surface area contributed by atoms with E-state index in [9.17, 15) is 4.79 Å². The number of hydrogen-bond donors (Lipinski definition) is 0. The quantitative estimate of drug-likeness (QED) is 0.702. The molecule has 0 spiro atoms. The van der Waals surface area contributed by atoms with Gasteiger partial charge in [-0.15, -0.1) is 0 Å². The lowest BCUT2D eigenvalue weighted by molar-refractivity contribution is -0.299. The van der Waals surface area contributed by atoms with Gasteiger partial charge in [-0.3, -0.25) is 4.79 Å². The van der Waals surface area contributed by atoms with Crippen molar-refractivity contribution < 1.29 is 19.0 Å². The van der Waals surface area contributed by atoms with E-state index >= 15 is 0 Å². The van der Waals surface area contributed by atoms with Gasteiger partial charge in [0.25, 0.3) is 0 Å². The van der Waals surface area contributed by atoms with Gasteiger partial charge in [-0.05, 0) is 38.5 Å². The molecule has 1 aliphatic rings. The number of rotatable bonds is 6. The molecule has 1 fully saturated rings. The number of hydrogen-bond acceptors (Lipinski definition) is 4. The second-order valence-corrected chi connectivity index (χ2v) is 6.13. The molecule has 1 aliphatic heterocycles. The first-order valence-electron chi connectivity index (χ1n) is 7.71. The van der Waals surface area contributed by atoms with Crippen LogP contribution in [-0.4, -0.2) is 32.1 Å². The predicted octanol–water partition coefficient (Wildman–Crippen LogP) is 3.39. The molecule has 0 aromatic heterocycles. The molecule has 2 unspecified atom stereocenters. The highest BCUT2D eigenvalue weighted by Gasteiger charge is 2.47. The van der Waals surface area contributed by atoms with E-state index in [-0.39, 0.29) is 12.1 Å². The van der Waals surface area contributed by atoms with Crippen LogP contribution in [-0.2, 0) is 19.0 Å². The number of carbonyl (C=O) groups excluding carboxylic acids is 1. The number of esters is 1. The van der Waals surface area contributed by atoms with Crippen LogP contribution in [0.3, 0.4) is 0 Å². The molecule has 5 atom stereocenters. The number of ether oxygens (including phenoxy) is 3. The first kappa shape index (κ1) is 17.4. The van der Waals surface area contributed by atoms with Crippen molar-refractivity contribution in [2.75, 3.05) is 14.2 Å².